The molecule has 0 aromatic heterocycles. The average Bonchev–Trinajstić information content (AvgIpc) is 2.69. The third-order valence-electron chi connectivity index (χ3n) is 5.53. The summed E-state index contributed by atoms with van der Waals surface area (Å²) in [6.45, 7) is 7.16. The lowest BCUT2D eigenvalue weighted by atomic mass is 9.76. The zero-order chi connectivity index (χ0) is 21.7. The van der Waals surface area contributed by atoms with Gasteiger partial charge in [0.15, 0.2) is 6.73 Å². The van der Waals surface area contributed by atoms with Gasteiger partial charge in [-0.3, -0.25) is 0 Å². The molecule has 0 radical (unpaired) electrons. The van der Waals surface area contributed by atoms with Crippen LogP contribution in [0.3, 0.4) is 0 Å². The minimum atomic E-state index is -3.29. The van der Waals surface area contributed by atoms with E-state index >= 15 is 0 Å². The van der Waals surface area contributed by atoms with E-state index in [9.17, 15) is 8.42 Å². The highest BCUT2D eigenvalue weighted by Gasteiger charge is 2.31. The summed E-state index contributed by atoms with van der Waals surface area (Å²) in [5, 5.41) is 4.43. The SMILES string of the molecule is CCCS(=O)(=O)NCOc1ccc2c(c1)C(C(c1ccc(Cl)cc1)C(C)C)NCC2. The van der Waals surface area contributed by atoms with Crippen LogP contribution in [0.5, 0.6) is 5.75 Å². The van der Waals surface area contributed by atoms with Gasteiger partial charge in [-0.1, -0.05) is 50.6 Å². The minimum Gasteiger partial charge on any atom is -0.477 e. The summed E-state index contributed by atoms with van der Waals surface area (Å²) in [6.07, 6.45) is 1.53. The normalized spacial score (nSPS) is 17.6. The van der Waals surface area contributed by atoms with Crippen molar-refractivity contribution in [2.45, 2.75) is 45.6 Å². The largest absolute Gasteiger partial charge is 0.477 e. The van der Waals surface area contributed by atoms with Crippen LogP contribution >= 0.6 is 11.6 Å². The number of fused-ring (bicyclic) bond motifs is 1. The first kappa shape index (κ1) is 23.1. The Balaban J connectivity index is 1.83. The fraction of sp³-hybridized carbons (Fsp3) is 0.478. The number of benzene rings is 2. The Bertz CT molecular complexity index is 945. The molecule has 5 nitrogen and oxygen atoms in total. The van der Waals surface area contributed by atoms with Crippen LogP contribution < -0.4 is 14.8 Å². The first-order valence-corrected chi connectivity index (χ1v) is 12.6. The molecule has 0 bridgehead atoms. The summed E-state index contributed by atoms with van der Waals surface area (Å²) in [4.78, 5) is 0. The predicted molar refractivity (Wildman–Crippen MR) is 123 cm³/mol. The number of ether oxygens (including phenoxy) is 1. The molecular formula is C23H31ClN2O3S. The van der Waals surface area contributed by atoms with Gasteiger partial charge in [-0.05, 0) is 66.3 Å². The van der Waals surface area contributed by atoms with E-state index < -0.39 is 10.0 Å². The monoisotopic (exact) mass is 450 g/mol. The molecule has 0 saturated heterocycles. The number of sulfonamides is 1. The Kier molecular flexibility index (Phi) is 7.80. The molecule has 2 unspecified atom stereocenters. The van der Waals surface area contributed by atoms with Crippen LogP contribution in [0.1, 0.15) is 55.8 Å². The maximum atomic E-state index is 11.8. The molecule has 2 aromatic rings. The van der Waals surface area contributed by atoms with Gasteiger partial charge in [0.05, 0.1) is 5.75 Å². The molecule has 30 heavy (non-hydrogen) atoms. The maximum absolute atomic E-state index is 11.8. The summed E-state index contributed by atoms with van der Waals surface area (Å²) >= 11 is 6.10. The summed E-state index contributed by atoms with van der Waals surface area (Å²) in [6, 6.07) is 14.3. The second kappa shape index (κ2) is 10.1. The lowest BCUT2D eigenvalue weighted by Crippen LogP contribution is -2.35. The Morgan fingerprint density at radius 2 is 1.93 bits per heavy atom. The molecule has 0 amide bonds. The first-order valence-electron chi connectivity index (χ1n) is 10.5. The van der Waals surface area contributed by atoms with Crippen molar-refractivity contribution < 1.29 is 13.2 Å². The number of rotatable bonds is 9. The number of hydrogen-bond donors (Lipinski definition) is 2. The zero-order valence-electron chi connectivity index (χ0n) is 17.8. The Hall–Kier alpha value is -1.60. The molecule has 1 aliphatic rings. The molecular weight excluding hydrogens is 420 g/mol. The van der Waals surface area contributed by atoms with Crippen molar-refractivity contribution in [1.29, 1.82) is 0 Å². The molecule has 1 aliphatic heterocycles. The van der Waals surface area contributed by atoms with E-state index in [2.05, 4.69) is 42.1 Å². The van der Waals surface area contributed by atoms with Gasteiger partial charge < -0.3 is 10.1 Å². The summed E-state index contributed by atoms with van der Waals surface area (Å²) < 4.78 is 31.9. The Labute approximate surface area is 185 Å². The van der Waals surface area contributed by atoms with Crippen LogP contribution in [0.4, 0.5) is 0 Å². The molecule has 164 valence electrons. The van der Waals surface area contributed by atoms with Crippen molar-refractivity contribution in [3.05, 3.63) is 64.2 Å². The van der Waals surface area contributed by atoms with Crippen LogP contribution in [-0.2, 0) is 16.4 Å². The van der Waals surface area contributed by atoms with Gasteiger partial charge >= 0.3 is 0 Å². The van der Waals surface area contributed by atoms with E-state index in [1.165, 1.54) is 16.7 Å². The van der Waals surface area contributed by atoms with Crippen molar-refractivity contribution in [1.82, 2.24) is 10.0 Å². The van der Waals surface area contributed by atoms with E-state index in [1.54, 1.807) is 0 Å². The van der Waals surface area contributed by atoms with E-state index in [0.29, 0.717) is 18.1 Å². The van der Waals surface area contributed by atoms with Gasteiger partial charge in [0, 0.05) is 17.0 Å². The van der Waals surface area contributed by atoms with Gasteiger partial charge in [0.2, 0.25) is 10.0 Å². The molecule has 0 spiro atoms. The van der Waals surface area contributed by atoms with Gasteiger partial charge in [-0.15, -0.1) is 0 Å². The first-order chi connectivity index (χ1) is 14.3. The molecule has 2 N–H and O–H groups in total. The highest BCUT2D eigenvalue weighted by atomic mass is 35.5. The lowest BCUT2D eigenvalue weighted by Gasteiger charge is -2.36. The van der Waals surface area contributed by atoms with E-state index in [4.69, 9.17) is 16.3 Å². The van der Waals surface area contributed by atoms with Crippen molar-refractivity contribution in [3.63, 3.8) is 0 Å². The topological polar surface area (TPSA) is 67.4 Å². The maximum Gasteiger partial charge on any atom is 0.214 e. The molecule has 1 heterocycles. The molecule has 2 atom stereocenters. The molecule has 3 rings (SSSR count). The van der Waals surface area contributed by atoms with Crippen molar-refractivity contribution in [2.75, 3.05) is 19.0 Å². The van der Waals surface area contributed by atoms with Gasteiger partial charge in [0.25, 0.3) is 0 Å². The zero-order valence-corrected chi connectivity index (χ0v) is 19.4. The third kappa shape index (κ3) is 5.76. The van der Waals surface area contributed by atoms with E-state index in [-0.39, 0.29) is 24.4 Å². The highest BCUT2D eigenvalue weighted by molar-refractivity contribution is 7.89. The van der Waals surface area contributed by atoms with Gasteiger partial charge in [-0.25, -0.2) is 8.42 Å². The molecule has 0 aliphatic carbocycles. The average molecular weight is 451 g/mol. The second-order valence-electron chi connectivity index (χ2n) is 8.12. The highest BCUT2D eigenvalue weighted by Crippen LogP contribution is 2.41. The van der Waals surface area contributed by atoms with Crippen molar-refractivity contribution in [3.8, 4) is 5.75 Å². The van der Waals surface area contributed by atoms with Crippen LogP contribution in [0.15, 0.2) is 42.5 Å². The summed E-state index contributed by atoms with van der Waals surface area (Å²) in [5.41, 5.74) is 3.76. The van der Waals surface area contributed by atoms with Crippen molar-refractivity contribution >= 4 is 21.6 Å². The van der Waals surface area contributed by atoms with Crippen molar-refractivity contribution in [2.24, 2.45) is 5.92 Å². The Morgan fingerprint density at radius 3 is 2.60 bits per heavy atom. The number of halogens is 1. The Morgan fingerprint density at radius 1 is 1.20 bits per heavy atom. The minimum absolute atomic E-state index is 0.0655. The fourth-order valence-corrected chi connectivity index (χ4v) is 5.21. The number of hydrogen-bond acceptors (Lipinski definition) is 4. The van der Waals surface area contributed by atoms with Gasteiger partial charge in [-0.2, -0.15) is 4.72 Å². The standard InChI is InChI=1S/C23H31ClN2O3S/c1-4-13-30(27,28)26-15-29-20-10-7-17-11-12-25-23(21(17)14-20)22(16(2)3)18-5-8-19(24)9-6-18/h5-10,14,16,22-23,25-26H,4,11-13,15H2,1-3H3. The number of nitrogens with one attached hydrogen (secondary N) is 2. The molecule has 0 fully saturated rings. The smallest absolute Gasteiger partial charge is 0.214 e. The summed E-state index contributed by atoms with van der Waals surface area (Å²) in [5.74, 6) is 1.46. The van der Waals surface area contributed by atoms with E-state index in [1.807, 2.05) is 31.2 Å². The summed E-state index contributed by atoms with van der Waals surface area (Å²) in [7, 11) is -3.29. The van der Waals surface area contributed by atoms with Gasteiger partial charge in [0.1, 0.15) is 5.75 Å². The van der Waals surface area contributed by atoms with E-state index in [0.717, 1.165) is 18.0 Å². The molecule has 2 aromatic carbocycles. The molecule has 0 saturated carbocycles. The van der Waals surface area contributed by atoms with Crippen LogP contribution in [0.25, 0.3) is 0 Å². The third-order valence-corrected chi connectivity index (χ3v) is 7.29. The lowest BCUT2D eigenvalue weighted by molar-refractivity contribution is 0.307. The van der Waals surface area contributed by atoms with Crippen LogP contribution in [0, 0.1) is 5.92 Å². The predicted octanol–water partition coefficient (Wildman–Crippen LogP) is 4.63. The fourth-order valence-electron chi connectivity index (χ4n) is 4.16. The van der Waals surface area contributed by atoms with Crippen LogP contribution in [-0.4, -0.2) is 27.4 Å². The quantitative estimate of drug-likeness (QED) is 0.546. The second-order valence-corrected chi connectivity index (χ2v) is 10.5. The molecule has 7 heteroatoms. The van der Waals surface area contributed by atoms with Crippen LogP contribution in [0.2, 0.25) is 5.02 Å².